The van der Waals surface area contributed by atoms with Gasteiger partial charge in [0.15, 0.2) is 0 Å². The molecule has 4 rings (SSSR count). The molecule has 1 unspecified atom stereocenters. The van der Waals surface area contributed by atoms with E-state index < -0.39 is 0 Å². The van der Waals surface area contributed by atoms with Crippen LogP contribution in [0.15, 0.2) is 54.4 Å². The summed E-state index contributed by atoms with van der Waals surface area (Å²) in [5, 5.41) is 4.45. The van der Waals surface area contributed by atoms with E-state index in [0.717, 1.165) is 43.9 Å². The van der Waals surface area contributed by atoms with Crippen LogP contribution in [0.2, 0.25) is 0 Å². The van der Waals surface area contributed by atoms with Crippen LogP contribution >= 0.6 is 0 Å². The van der Waals surface area contributed by atoms with Crippen molar-refractivity contribution in [3.8, 4) is 11.4 Å². The van der Waals surface area contributed by atoms with Crippen molar-refractivity contribution in [1.82, 2.24) is 19.8 Å². The Hall–Kier alpha value is -2.96. The fraction of sp³-hybridized carbons (Fsp3) is 0.333. The minimum absolute atomic E-state index is 0.134. The van der Waals surface area contributed by atoms with Crippen molar-refractivity contribution in [1.29, 1.82) is 0 Å². The summed E-state index contributed by atoms with van der Waals surface area (Å²) in [7, 11) is 0. The van der Waals surface area contributed by atoms with Gasteiger partial charge in [0.1, 0.15) is 17.7 Å². The van der Waals surface area contributed by atoms with E-state index in [1.165, 1.54) is 0 Å². The third kappa shape index (κ3) is 4.30. The molecule has 0 spiro atoms. The van der Waals surface area contributed by atoms with Crippen LogP contribution in [-0.4, -0.2) is 46.4 Å². The quantitative estimate of drug-likeness (QED) is 0.734. The second-order valence-corrected chi connectivity index (χ2v) is 7.67. The van der Waals surface area contributed by atoms with E-state index >= 15 is 0 Å². The predicted molar refractivity (Wildman–Crippen MR) is 120 cm³/mol. The topological polar surface area (TPSA) is 69.3 Å². The molecule has 3 heterocycles. The van der Waals surface area contributed by atoms with Crippen LogP contribution in [0.4, 0.5) is 0 Å². The van der Waals surface area contributed by atoms with Crippen LogP contribution in [0, 0.1) is 6.92 Å². The first-order chi connectivity index (χ1) is 14.6. The van der Waals surface area contributed by atoms with Crippen molar-refractivity contribution >= 4 is 12.2 Å². The van der Waals surface area contributed by atoms with Crippen LogP contribution in [0.25, 0.3) is 17.8 Å². The van der Waals surface area contributed by atoms with E-state index in [0.29, 0.717) is 22.6 Å². The molecule has 2 aliphatic heterocycles. The van der Waals surface area contributed by atoms with E-state index in [1.54, 1.807) is 28.9 Å². The Morgan fingerprint density at radius 3 is 2.40 bits per heavy atom. The third-order valence-corrected chi connectivity index (χ3v) is 5.58. The van der Waals surface area contributed by atoms with Crippen molar-refractivity contribution in [3.05, 3.63) is 76.3 Å². The van der Waals surface area contributed by atoms with Crippen molar-refractivity contribution in [2.75, 3.05) is 19.6 Å². The van der Waals surface area contributed by atoms with Gasteiger partial charge >= 0.3 is 0 Å². The van der Waals surface area contributed by atoms with Gasteiger partial charge in [0, 0.05) is 19.6 Å². The summed E-state index contributed by atoms with van der Waals surface area (Å²) in [6, 6.07) is 7.67. The third-order valence-electron chi connectivity index (χ3n) is 5.58. The summed E-state index contributed by atoms with van der Waals surface area (Å²) >= 11 is 0. The molecule has 0 saturated carbocycles. The highest BCUT2D eigenvalue weighted by molar-refractivity contribution is 5.43. The fourth-order valence-corrected chi connectivity index (χ4v) is 3.96. The second kappa shape index (κ2) is 8.81. The van der Waals surface area contributed by atoms with Gasteiger partial charge in [0.25, 0.3) is 5.56 Å². The molecule has 1 N–H and O–H groups in total. The van der Waals surface area contributed by atoms with Crippen LogP contribution in [0.1, 0.15) is 18.7 Å². The average Bonchev–Trinajstić information content (AvgIpc) is 3.58. The van der Waals surface area contributed by atoms with Gasteiger partial charge in [-0.15, -0.1) is 0 Å². The highest BCUT2D eigenvalue weighted by Crippen LogP contribution is 2.22. The number of rotatable bonds is 6. The lowest BCUT2D eigenvalue weighted by Gasteiger charge is -2.31. The molecule has 2 saturated heterocycles. The number of nitrogens with zero attached hydrogens (tertiary/aromatic N) is 3. The number of allylic oxidation sites excluding steroid dienone is 2. The standard InChI is InChI=1S/C24H28N4O2/c1-4-6-21-22(7-5-2)26-17(3)28(24(21)29)18-8-10-19(11-9-18)30-20-12-14-27(15-13-20)23-16-25-23/h4-11,20,23,25H,1-2,12-16H2,3H3/b21-6+,22-7+. The Labute approximate surface area is 176 Å². The number of likely N-dealkylation sites (tertiary alicyclic amines) is 1. The molecular formula is C24H28N4O2. The van der Waals surface area contributed by atoms with Gasteiger partial charge in [-0.2, -0.15) is 0 Å². The first kappa shape index (κ1) is 20.3. The maximum atomic E-state index is 13.1. The van der Waals surface area contributed by atoms with E-state index in [1.807, 2.05) is 31.2 Å². The second-order valence-electron chi connectivity index (χ2n) is 7.67. The number of benzene rings is 1. The molecule has 0 radical (unpaired) electrons. The fourth-order valence-electron chi connectivity index (χ4n) is 3.96. The number of aryl methyl sites for hydroxylation is 1. The van der Waals surface area contributed by atoms with Crippen LogP contribution < -0.4 is 26.2 Å². The molecule has 2 aromatic rings. The molecule has 6 nitrogen and oxygen atoms in total. The van der Waals surface area contributed by atoms with Crippen molar-refractivity contribution < 1.29 is 4.74 Å². The van der Waals surface area contributed by atoms with E-state index in [4.69, 9.17) is 4.74 Å². The zero-order valence-electron chi connectivity index (χ0n) is 17.4. The lowest BCUT2D eigenvalue weighted by Crippen LogP contribution is -2.47. The van der Waals surface area contributed by atoms with Gasteiger partial charge < -0.3 is 4.74 Å². The van der Waals surface area contributed by atoms with Crippen molar-refractivity contribution in [2.24, 2.45) is 0 Å². The Morgan fingerprint density at radius 2 is 1.80 bits per heavy atom. The Bertz CT molecular complexity index is 1110. The van der Waals surface area contributed by atoms with Gasteiger partial charge in [-0.25, -0.2) is 4.98 Å². The summed E-state index contributed by atoms with van der Waals surface area (Å²) < 4.78 is 7.79. The van der Waals surface area contributed by atoms with Gasteiger partial charge in [-0.05, 0) is 56.2 Å². The monoisotopic (exact) mass is 404 g/mol. The molecule has 1 aromatic carbocycles. The number of hydrogen-bond acceptors (Lipinski definition) is 5. The molecule has 6 heteroatoms. The molecule has 156 valence electrons. The lowest BCUT2D eigenvalue weighted by molar-refractivity contribution is 0.0958. The smallest absolute Gasteiger partial charge is 0.265 e. The van der Waals surface area contributed by atoms with Gasteiger partial charge in [-0.1, -0.05) is 25.3 Å². The molecule has 0 aliphatic carbocycles. The molecule has 30 heavy (non-hydrogen) atoms. The number of nitrogens with one attached hydrogen (secondary N) is 1. The summed E-state index contributed by atoms with van der Waals surface area (Å²) in [6.45, 7) is 12.5. The minimum Gasteiger partial charge on any atom is -0.490 e. The largest absolute Gasteiger partial charge is 0.490 e. The average molecular weight is 405 g/mol. The van der Waals surface area contributed by atoms with Crippen molar-refractivity contribution in [3.63, 3.8) is 0 Å². The van der Waals surface area contributed by atoms with Crippen LogP contribution in [0.5, 0.6) is 5.75 Å². The number of hydrogen-bond donors (Lipinski definition) is 1. The first-order valence-corrected chi connectivity index (χ1v) is 10.4. The highest BCUT2D eigenvalue weighted by Gasteiger charge is 2.31. The molecule has 0 bridgehead atoms. The maximum absolute atomic E-state index is 13.1. The summed E-state index contributed by atoms with van der Waals surface area (Å²) in [5.41, 5.74) is 0.626. The van der Waals surface area contributed by atoms with E-state index in [9.17, 15) is 4.79 Å². The number of piperidine rings is 1. The zero-order chi connectivity index (χ0) is 21.1. The van der Waals surface area contributed by atoms with Gasteiger partial charge in [0.2, 0.25) is 0 Å². The van der Waals surface area contributed by atoms with Crippen molar-refractivity contribution in [2.45, 2.75) is 32.0 Å². The SMILES string of the molecule is C=C/C=c1/nc(C)n(-c2ccc(OC3CCN(C4CN4)CC3)cc2)c(=O)/c1=C/C=C. The van der Waals surface area contributed by atoms with Crippen LogP contribution in [0.3, 0.4) is 0 Å². The molecule has 0 amide bonds. The van der Waals surface area contributed by atoms with Gasteiger partial charge in [-0.3, -0.25) is 19.6 Å². The zero-order valence-corrected chi connectivity index (χ0v) is 17.4. The Morgan fingerprint density at radius 1 is 1.13 bits per heavy atom. The van der Waals surface area contributed by atoms with Gasteiger partial charge in [0.05, 0.1) is 22.4 Å². The molecule has 2 aliphatic rings. The Kier molecular flexibility index (Phi) is 5.97. The number of aromatic nitrogens is 2. The normalized spacial score (nSPS) is 20.9. The minimum atomic E-state index is -0.134. The van der Waals surface area contributed by atoms with Crippen LogP contribution in [-0.2, 0) is 0 Å². The molecule has 2 fully saturated rings. The first-order valence-electron chi connectivity index (χ1n) is 10.4. The van der Waals surface area contributed by atoms with E-state index in [2.05, 4.69) is 28.4 Å². The summed E-state index contributed by atoms with van der Waals surface area (Å²) in [4.78, 5) is 20.2. The lowest BCUT2D eigenvalue weighted by atomic mass is 10.1. The molecule has 1 aromatic heterocycles. The molecule has 1 atom stereocenters. The highest BCUT2D eigenvalue weighted by atomic mass is 16.5. The predicted octanol–water partition coefficient (Wildman–Crippen LogP) is 1.25. The number of ether oxygens (including phenoxy) is 1. The molecular weight excluding hydrogens is 376 g/mol. The summed E-state index contributed by atoms with van der Waals surface area (Å²) in [6.07, 6.45) is 9.52. The Balaban J connectivity index is 1.55. The summed E-state index contributed by atoms with van der Waals surface area (Å²) in [5.74, 6) is 1.44. The van der Waals surface area contributed by atoms with E-state index in [-0.39, 0.29) is 11.7 Å². The maximum Gasteiger partial charge on any atom is 0.265 e.